The zero-order valence-corrected chi connectivity index (χ0v) is 10.3. The average molecular weight is 201 g/mol. The van der Waals surface area contributed by atoms with Crippen LogP contribution in [0.1, 0.15) is 34.6 Å². The molecule has 0 unspecified atom stereocenters. The molecule has 0 aliphatic heterocycles. The Morgan fingerprint density at radius 2 is 1.86 bits per heavy atom. The topological polar surface area (TPSA) is 29.5 Å². The van der Waals surface area contributed by atoms with Gasteiger partial charge in [0.15, 0.2) is 0 Å². The van der Waals surface area contributed by atoms with Crippen LogP contribution in [0, 0.1) is 5.92 Å². The van der Waals surface area contributed by atoms with E-state index >= 15 is 0 Å². The Hall–Kier alpha value is -0.570. The maximum Gasteiger partial charge on any atom is 0.248 e. The van der Waals surface area contributed by atoms with Crippen molar-refractivity contribution >= 4 is 5.91 Å². The van der Waals surface area contributed by atoms with Gasteiger partial charge in [0, 0.05) is 13.6 Å². The molecule has 0 N–H and O–H groups in total. The molecule has 0 aliphatic rings. The number of carbonyl (C=O) groups is 1. The van der Waals surface area contributed by atoms with Crippen molar-refractivity contribution in [3.8, 4) is 0 Å². The van der Waals surface area contributed by atoms with Crippen molar-refractivity contribution in [1.82, 2.24) is 4.90 Å². The summed E-state index contributed by atoms with van der Waals surface area (Å²) in [5, 5.41) is 0. The van der Waals surface area contributed by atoms with Gasteiger partial charge in [-0.05, 0) is 26.7 Å². The highest BCUT2D eigenvalue weighted by atomic mass is 16.5. The summed E-state index contributed by atoms with van der Waals surface area (Å²) >= 11 is 0. The third kappa shape index (κ3) is 6.89. The van der Waals surface area contributed by atoms with Gasteiger partial charge in [0.25, 0.3) is 0 Å². The lowest BCUT2D eigenvalue weighted by molar-refractivity contribution is -0.140. The maximum absolute atomic E-state index is 11.5. The molecule has 0 radical (unpaired) electrons. The summed E-state index contributed by atoms with van der Waals surface area (Å²) in [6.45, 7) is 11.0. The first-order valence-corrected chi connectivity index (χ1v) is 5.10. The van der Waals surface area contributed by atoms with Gasteiger partial charge < -0.3 is 9.64 Å². The van der Waals surface area contributed by atoms with Crippen molar-refractivity contribution in [3.63, 3.8) is 0 Å². The zero-order valence-electron chi connectivity index (χ0n) is 10.3. The van der Waals surface area contributed by atoms with E-state index in [1.165, 1.54) is 0 Å². The summed E-state index contributed by atoms with van der Waals surface area (Å²) in [7, 11) is 1.81. The van der Waals surface area contributed by atoms with Crippen LogP contribution in [0.3, 0.4) is 0 Å². The summed E-state index contributed by atoms with van der Waals surface area (Å²) in [4.78, 5) is 13.2. The van der Waals surface area contributed by atoms with E-state index in [-0.39, 0.29) is 18.1 Å². The molecular weight excluding hydrogens is 178 g/mol. The molecule has 0 heterocycles. The smallest absolute Gasteiger partial charge is 0.248 e. The molecule has 14 heavy (non-hydrogen) atoms. The van der Waals surface area contributed by atoms with E-state index in [0.717, 1.165) is 6.54 Å². The molecule has 0 atom stereocenters. The SMILES string of the molecule is CC(C)CN(C)C(=O)COC(C)(C)C. The second-order valence-electron chi connectivity index (χ2n) is 5.07. The van der Waals surface area contributed by atoms with Gasteiger partial charge in [-0.2, -0.15) is 0 Å². The number of rotatable bonds is 4. The first kappa shape index (κ1) is 13.4. The predicted molar refractivity (Wildman–Crippen MR) is 58.2 cm³/mol. The second kappa shape index (κ2) is 5.35. The fourth-order valence-corrected chi connectivity index (χ4v) is 1.04. The number of likely N-dealkylation sites (N-methyl/N-ethyl adjacent to an activating group) is 1. The van der Waals surface area contributed by atoms with Crippen molar-refractivity contribution in [2.75, 3.05) is 20.2 Å². The highest BCUT2D eigenvalue weighted by Gasteiger charge is 2.15. The Labute approximate surface area is 87.4 Å². The van der Waals surface area contributed by atoms with Crippen molar-refractivity contribution in [2.45, 2.75) is 40.2 Å². The molecule has 0 saturated heterocycles. The molecule has 0 aromatic rings. The number of amides is 1. The highest BCUT2D eigenvalue weighted by molar-refractivity contribution is 5.77. The van der Waals surface area contributed by atoms with Gasteiger partial charge in [0.2, 0.25) is 5.91 Å². The molecule has 0 spiro atoms. The van der Waals surface area contributed by atoms with Crippen LogP contribution in [0.5, 0.6) is 0 Å². The van der Waals surface area contributed by atoms with Crippen molar-refractivity contribution < 1.29 is 9.53 Å². The normalized spacial score (nSPS) is 11.9. The van der Waals surface area contributed by atoms with Gasteiger partial charge in [0.1, 0.15) is 6.61 Å². The Balaban J connectivity index is 3.85. The van der Waals surface area contributed by atoms with Gasteiger partial charge >= 0.3 is 0 Å². The summed E-state index contributed by atoms with van der Waals surface area (Å²) in [5.41, 5.74) is -0.242. The van der Waals surface area contributed by atoms with Crippen LogP contribution in [-0.4, -0.2) is 36.6 Å². The van der Waals surface area contributed by atoms with E-state index in [1.807, 2.05) is 27.8 Å². The third-order valence-corrected chi connectivity index (χ3v) is 1.69. The molecule has 0 aliphatic carbocycles. The molecule has 3 heteroatoms. The van der Waals surface area contributed by atoms with Crippen molar-refractivity contribution in [1.29, 1.82) is 0 Å². The van der Waals surface area contributed by atoms with Gasteiger partial charge in [-0.3, -0.25) is 4.79 Å². The third-order valence-electron chi connectivity index (χ3n) is 1.69. The summed E-state index contributed by atoms with van der Waals surface area (Å²) in [6, 6.07) is 0. The molecule has 84 valence electrons. The Morgan fingerprint density at radius 1 is 1.36 bits per heavy atom. The monoisotopic (exact) mass is 201 g/mol. The fourth-order valence-electron chi connectivity index (χ4n) is 1.04. The first-order chi connectivity index (χ1) is 6.22. The van der Waals surface area contributed by atoms with E-state index in [0.29, 0.717) is 5.92 Å². The molecule has 0 bridgehead atoms. The van der Waals surface area contributed by atoms with Gasteiger partial charge in [-0.1, -0.05) is 13.8 Å². The minimum absolute atomic E-state index is 0.0497. The number of carbonyl (C=O) groups excluding carboxylic acids is 1. The van der Waals surface area contributed by atoms with E-state index in [4.69, 9.17) is 4.74 Å². The van der Waals surface area contributed by atoms with Gasteiger partial charge in [-0.25, -0.2) is 0 Å². The number of hydrogen-bond acceptors (Lipinski definition) is 2. The molecular formula is C11H23NO2. The lowest BCUT2D eigenvalue weighted by atomic mass is 10.2. The fraction of sp³-hybridized carbons (Fsp3) is 0.909. The van der Waals surface area contributed by atoms with Crippen LogP contribution in [0.15, 0.2) is 0 Å². The Morgan fingerprint density at radius 3 is 2.21 bits per heavy atom. The van der Waals surface area contributed by atoms with Crippen molar-refractivity contribution in [3.05, 3.63) is 0 Å². The van der Waals surface area contributed by atoms with Crippen molar-refractivity contribution in [2.24, 2.45) is 5.92 Å². The second-order valence-corrected chi connectivity index (χ2v) is 5.07. The average Bonchev–Trinajstić information content (AvgIpc) is 1.97. The summed E-state index contributed by atoms with van der Waals surface area (Å²) in [6.07, 6.45) is 0. The van der Waals surface area contributed by atoms with Crippen LogP contribution in [0.4, 0.5) is 0 Å². The molecule has 0 saturated carbocycles. The van der Waals surface area contributed by atoms with Gasteiger partial charge in [-0.15, -0.1) is 0 Å². The van der Waals surface area contributed by atoms with E-state index in [9.17, 15) is 4.79 Å². The van der Waals surface area contributed by atoms with E-state index in [1.54, 1.807) is 4.90 Å². The largest absolute Gasteiger partial charge is 0.366 e. The standard InChI is InChI=1S/C11H23NO2/c1-9(2)7-12(6)10(13)8-14-11(3,4)5/h9H,7-8H2,1-6H3. The molecule has 0 fully saturated rings. The summed E-state index contributed by atoms with van der Waals surface area (Å²) < 4.78 is 5.40. The lowest BCUT2D eigenvalue weighted by Crippen LogP contribution is -2.35. The van der Waals surface area contributed by atoms with Crippen LogP contribution < -0.4 is 0 Å². The molecule has 3 nitrogen and oxygen atoms in total. The number of nitrogens with zero attached hydrogens (tertiary/aromatic N) is 1. The predicted octanol–water partition coefficient (Wildman–Crippen LogP) is 1.92. The Bertz CT molecular complexity index is 182. The Kier molecular flexibility index (Phi) is 5.13. The van der Waals surface area contributed by atoms with Gasteiger partial charge in [0.05, 0.1) is 5.60 Å². The van der Waals surface area contributed by atoms with Crippen LogP contribution in [0.2, 0.25) is 0 Å². The highest BCUT2D eigenvalue weighted by Crippen LogP contribution is 2.06. The first-order valence-electron chi connectivity index (χ1n) is 5.10. The number of ether oxygens (including phenoxy) is 1. The van der Waals surface area contributed by atoms with Crippen LogP contribution in [-0.2, 0) is 9.53 Å². The summed E-state index contributed by atoms with van der Waals surface area (Å²) in [5.74, 6) is 0.548. The van der Waals surface area contributed by atoms with Crippen LogP contribution in [0.25, 0.3) is 0 Å². The minimum atomic E-state index is -0.242. The molecule has 0 aromatic carbocycles. The van der Waals surface area contributed by atoms with E-state index < -0.39 is 0 Å². The maximum atomic E-state index is 11.5. The van der Waals surface area contributed by atoms with Crippen LogP contribution >= 0.6 is 0 Å². The number of hydrogen-bond donors (Lipinski definition) is 0. The minimum Gasteiger partial charge on any atom is -0.366 e. The molecule has 0 aromatic heterocycles. The zero-order chi connectivity index (χ0) is 11.4. The molecule has 1 amide bonds. The quantitative estimate of drug-likeness (QED) is 0.695. The lowest BCUT2D eigenvalue weighted by Gasteiger charge is -2.23. The van der Waals surface area contributed by atoms with E-state index in [2.05, 4.69) is 13.8 Å². The molecule has 0 rings (SSSR count).